The number of rotatable bonds is 4. The first-order valence-electron chi connectivity index (χ1n) is 5.64. The van der Waals surface area contributed by atoms with Crippen LogP contribution in [0.5, 0.6) is 0 Å². The average Bonchev–Trinajstić information content (AvgIpc) is 2.50. The van der Waals surface area contributed by atoms with Crippen molar-refractivity contribution in [2.45, 2.75) is 0 Å². The number of nitrogens with one attached hydrogen (secondary N) is 4. The van der Waals surface area contributed by atoms with Gasteiger partial charge in [-0.05, 0) is 36.6 Å². The summed E-state index contributed by atoms with van der Waals surface area (Å²) in [5.41, 5.74) is 6.77. The number of pyridine rings is 1. The molecule has 7 nitrogen and oxygen atoms in total. The third-order valence-corrected chi connectivity index (χ3v) is 2.65. The van der Waals surface area contributed by atoms with Gasteiger partial charge in [0, 0.05) is 32.1 Å². The van der Waals surface area contributed by atoms with Crippen LogP contribution in [0.4, 0.5) is 0 Å². The fourth-order valence-electron chi connectivity index (χ4n) is 1.07. The van der Waals surface area contributed by atoms with Gasteiger partial charge in [0.2, 0.25) is 0 Å². The normalized spacial score (nSPS) is 11.0. The van der Waals surface area contributed by atoms with E-state index in [1.807, 2.05) is 12.1 Å². The molecule has 0 atom stereocenters. The Labute approximate surface area is 127 Å². The van der Waals surface area contributed by atoms with E-state index in [0.717, 1.165) is 5.56 Å². The largest absolute Gasteiger partial charge is 0.364 e. The highest BCUT2D eigenvalue weighted by Crippen LogP contribution is 1.97. The maximum Gasteiger partial charge on any atom is 0.186 e. The summed E-state index contributed by atoms with van der Waals surface area (Å²) in [5, 5.41) is 14.5. The average molecular weight is 309 g/mol. The Kier molecular flexibility index (Phi) is 7.07. The van der Waals surface area contributed by atoms with Gasteiger partial charge in [0.15, 0.2) is 10.2 Å². The second-order valence-corrected chi connectivity index (χ2v) is 4.19. The standard InChI is InChI=1S/C11H15N7S2/c1-12-10(19)17-15-7-9(16-18-11(20)13-2)8-3-5-14-6-4-8/h3-7H,1-2H3,(H2,12,17,19)(H2,13,18,20)/b15-7+,16-9+. The van der Waals surface area contributed by atoms with Crippen LogP contribution in [0.3, 0.4) is 0 Å². The molecular weight excluding hydrogens is 294 g/mol. The van der Waals surface area contributed by atoms with E-state index in [0.29, 0.717) is 15.9 Å². The highest BCUT2D eigenvalue weighted by Gasteiger charge is 2.01. The van der Waals surface area contributed by atoms with Gasteiger partial charge in [-0.2, -0.15) is 10.2 Å². The monoisotopic (exact) mass is 309 g/mol. The predicted molar refractivity (Wildman–Crippen MR) is 88.9 cm³/mol. The van der Waals surface area contributed by atoms with Crippen molar-refractivity contribution in [1.82, 2.24) is 26.5 Å². The Morgan fingerprint density at radius 1 is 1.10 bits per heavy atom. The zero-order valence-electron chi connectivity index (χ0n) is 11.0. The van der Waals surface area contributed by atoms with Crippen molar-refractivity contribution in [2.75, 3.05) is 14.1 Å². The molecule has 1 aromatic rings. The molecule has 1 aromatic heterocycles. The first-order valence-corrected chi connectivity index (χ1v) is 6.45. The summed E-state index contributed by atoms with van der Waals surface area (Å²) >= 11 is 9.88. The van der Waals surface area contributed by atoms with Crippen LogP contribution in [0, 0.1) is 0 Å². The van der Waals surface area contributed by atoms with Crippen LogP contribution in [0.1, 0.15) is 5.56 Å². The number of hydrogen-bond acceptors (Lipinski definition) is 5. The van der Waals surface area contributed by atoms with Gasteiger partial charge in [0.1, 0.15) is 5.71 Å². The summed E-state index contributed by atoms with van der Waals surface area (Å²) in [6.07, 6.45) is 4.87. The molecule has 4 N–H and O–H groups in total. The Bertz CT molecular complexity index is 513. The van der Waals surface area contributed by atoms with Gasteiger partial charge >= 0.3 is 0 Å². The molecule has 1 heterocycles. The number of hydrazone groups is 2. The van der Waals surface area contributed by atoms with E-state index in [-0.39, 0.29) is 0 Å². The third kappa shape index (κ3) is 5.67. The van der Waals surface area contributed by atoms with Gasteiger partial charge in [-0.3, -0.25) is 15.8 Å². The molecule has 0 fully saturated rings. The van der Waals surface area contributed by atoms with Gasteiger partial charge in [-0.15, -0.1) is 0 Å². The molecule has 0 radical (unpaired) electrons. The van der Waals surface area contributed by atoms with Gasteiger partial charge in [-0.1, -0.05) is 0 Å². The van der Waals surface area contributed by atoms with Crippen molar-refractivity contribution in [3.63, 3.8) is 0 Å². The summed E-state index contributed by atoms with van der Waals surface area (Å²) in [4.78, 5) is 3.96. The minimum Gasteiger partial charge on any atom is -0.364 e. The van der Waals surface area contributed by atoms with E-state index < -0.39 is 0 Å². The Hall–Kier alpha value is -2.13. The van der Waals surface area contributed by atoms with Crippen molar-refractivity contribution < 1.29 is 0 Å². The fraction of sp³-hybridized carbons (Fsp3) is 0.182. The van der Waals surface area contributed by atoms with E-state index >= 15 is 0 Å². The molecule has 9 heteroatoms. The van der Waals surface area contributed by atoms with Crippen molar-refractivity contribution >= 4 is 46.6 Å². The van der Waals surface area contributed by atoms with Crippen LogP contribution in [0.2, 0.25) is 0 Å². The van der Waals surface area contributed by atoms with Gasteiger partial charge < -0.3 is 10.6 Å². The number of hydrogen-bond donors (Lipinski definition) is 4. The molecule has 0 unspecified atom stereocenters. The molecule has 0 aliphatic carbocycles. The number of nitrogens with zero attached hydrogens (tertiary/aromatic N) is 3. The lowest BCUT2D eigenvalue weighted by molar-refractivity contribution is 0.972. The molecule has 0 aliphatic heterocycles. The molecule has 0 amide bonds. The topological polar surface area (TPSA) is 85.7 Å². The summed E-state index contributed by atoms with van der Waals surface area (Å²) < 4.78 is 0. The highest BCUT2D eigenvalue weighted by atomic mass is 32.1. The smallest absolute Gasteiger partial charge is 0.186 e. The van der Waals surface area contributed by atoms with Crippen LogP contribution in [-0.2, 0) is 0 Å². The van der Waals surface area contributed by atoms with E-state index in [9.17, 15) is 0 Å². The third-order valence-electron chi connectivity index (χ3n) is 2.06. The van der Waals surface area contributed by atoms with E-state index in [4.69, 9.17) is 24.4 Å². The molecule has 0 saturated carbocycles. The molecule has 1 rings (SSSR count). The second kappa shape index (κ2) is 8.88. The first kappa shape index (κ1) is 15.9. The molecule has 0 bridgehead atoms. The summed E-state index contributed by atoms with van der Waals surface area (Å²) in [6, 6.07) is 3.62. The maximum absolute atomic E-state index is 4.96. The predicted octanol–water partition coefficient (Wildman–Crippen LogP) is -0.0407. The van der Waals surface area contributed by atoms with Gasteiger partial charge in [-0.25, -0.2) is 0 Å². The van der Waals surface area contributed by atoms with E-state index in [1.54, 1.807) is 26.5 Å². The lowest BCUT2D eigenvalue weighted by atomic mass is 10.2. The minimum absolute atomic E-state index is 0.406. The van der Waals surface area contributed by atoms with Crippen molar-refractivity contribution in [1.29, 1.82) is 0 Å². The van der Waals surface area contributed by atoms with Gasteiger partial charge in [0.05, 0.1) is 6.21 Å². The molecular formula is C11H15N7S2. The Balaban J connectivity index is 2.85. The SMILES string of the molecule is CNC(=S)N/N=C(\C=N\NC(=S)NC)c1ccncc1. The van der Waals surface area contributed by atoms with E-state index in [2.05, 4.69) is 36.7 Å². The summed E-state index contributed by atoms with van der Waals surface area (Å²) in [6.45, 7) is 0. The molecule has 0 spiro atoms. The Morgan fingerprint density at radius 3 is 2.30 bits per heavy atom. The highest BCUT2D eigenvalue weighted by molar-refractivity contribution is 7.80. The zero-order valence-corrected chi connectivity index (χ0v) is 12.7. The van der Waals surface area contributed by atoms with Crippen LogP contribution in [0.25, 0.3) is 0 Å². The number of thiocarbonyl (C=S) groups is 2. The van der Waals surface area contributed by atoms with Crippen LogP contribution >= 0.6 is 24.4 Å². The van der Waals surface area contributed by atoms with Crippen molar-refractivity contribution in [3.8, 4) is 0 Å². The molecule has 20 heavy (non-hydrogen) atoms. The lowest BCUT2D eigenvalue weighted by Crippen LogP contribution is -2.30. The van der Waals surface area contributed by atoms with Crippen LogP contribution in [0.15, 0.2) is 34.7 Å². The first-order chi connectivity index (χ1) is 9.67. The van der Waals surface area contributed by atoms with Crippen molar-refractivity contribution in [2.24, 2.45) is 10.2 Å². The van der Waals surface area contributed by atoms with Crippen LogP contribution in [-0.4, -0.2) is 41.2 Å². The van der Waals surface area contributed by atoms with Crippen LogP contribution < -0.4 is 21.5 Å². The maximum atomic E-state index is 4.96. The molecule has 0 aromatic carbocycles. The quantitative estimate of drug-likeness (QED) is 0.353. The summed E-state index contributed by atoms with van der Waals surface area (Å²) in [5.74, 6) is 0. The fourth-order valence-corrected chi connectivity index (χ4v) is 1.16. The molecule has 106 valence electrons. The van der Waals surface area contributed by atoms with Crippen molar-refractivity contribution in [3.05, 3.63) is 30.1 Å². The Morgan fingerprint density at radius 2 is 1.70 bits per heavy atom. The van der Waals surface area contributed by atoms with Gasteiger partial charge in [0.25, 0.3) is 0 Å². The second-order valence-electron chi connectivity index (χ2n) is 3.37. The number of aromatic nitrogens is 1. The summed E-state index contributed by atoms with van der Waals surface area (Å²) in [7, 11) is 3.41. The van der Waals surface area contributed by atoms with E-state index in [1.165, 1.54) is 6.21 Å². The molecule has 0 saturated heterocycles. The zero-order chi connectivity index (χ0) is 14.8. The lowest BCUT2D eigenvalue weighted by Gasteiger charge is -2.05. The molecule has 0 aliphatic rings. The minimum atomic E-state index is 0.406.